The van der Waals surface area contributed by atoms with Gasteiger partial charge in [0.25, 0.3) is 0 Å². The fraction of sp³-hybridized carbons (Fsp3) is 0.368. The third-order valence-corrected chi connectivity index (χ3v) is 3.72. The third-order valence-electron chi connectivity index (χ3n) is 3.72. The lowest BCUT2D eigenvalue weighted by Gasteiger charge is -2.15. The Bertz CT molecular complexity index is 563. The summed E-state index contributed by atoms with van der Waals surface area (Å²) in [6, 6.07) is 16.8. The molecule has 118 valence electrons. The van der Waals surface area contributed by atoms with Crippen LogP contribution in [0.4, 0.5) is 0 Å². The number of aryl methyl sites for hydroxylation is 2. The third kappa shape index (κ3) is 5.17. The summed E-state index contributed by atoms with van der Waals surface area (Å²) in [5.41, 5.74) is 3.62. The summed E-state index contributed by atoms with van der Waals surface area (Å²) in [5.74, 6) is 0.827. The number of aliphatic hydroxyl groups is 1. The molecule has 3 N–H and O–H groups in total. The largest absolute Gasteiger partial charge is 0.491 e. The molecule has 2 rings (SSSR count). The predicted octanol–water partition coefficient (Wildman–Crippen LogP) is 2.37. The zero-order valence-corrected chi connectivity index (χ0v) is 13.6. The van der Waals surface area contributed by atoms with Crippen LogP contribution < -0.4 is 10.1 Å². The molecule has 2 aromatic rings. The average molecular weight is 300 g/mol. The summed E-state index contributed by atoms with van der Waals surface area (Å²) in [7, 11) is 0. The van der Waals surface area contributed by atoms with E-state index in [0.717, 1.165) is 5.75 Å². The molecular weight excluding hydrogens is 274 g/mol. The zero-order chi connectivity index (χ0) is 15.9. The summed E-state index contributed by atoms with van der Waals surface area (Å²) >= 11 is 0. The average Bonchev–Trinajstić information content (AvgIpc) is 2.50. The number of hydrogen-bond donors (Lipinski definition) is 2. The molecule has 0 radical (unpaired) electrons. The highest BCUT2D eigenvalue weighted by molar-refractivity contribution is 5.33. The highest BCUT2D eigenvalue weighted by Crippen LogP contribution is 2.16. The van der Waals surface area contributed by atoms with Crippen LogP contribution in [0.1, 0.15) is 29.7 Å². The number of ether oxygens (including phenoxy) is 1. The van der Waals surface area contributed by atoms with Gasteiger partial charge in [-0.05, 0) is 44.0 Å². The van der Waals surface area contributed by atoms with Crippen LogP contribution in [0.2, 0.25) is 0 Å². The minimum Gasteiger partial charge on any atom is -0.491 e. The van der Waals surface area contributed by atoms with E-state index in [9.17, 15) is 5.11 Å². The van der Waals surface area contributed by atoms with Crippen LogP contribution in [0.5, 0.6) is 5.75 Å². The molecule has 0 aromatic heterocycles. The summed E-state index contributed by atoms with van der Waals surface area (Å²) in [6.45, 7) is 7.19. The molecule has 3 nitrogen and oxygen atoms in total. The Morgan fingerprint density at radius 3 is 2.32 bits per heavy atom. The van der Waals surface area contributed by atoms with E-state index in [1.807, 2.05) is 44.2 Å². The predicted molar refractivity (Wildman–Crippen MR) is 89.1 cm³/mol. The van der Waals surface area contributed by atoms with Gasteiger partial charge in [-0.3, -0.25) is 0 Å². The summed E-state index contributed by atoms with van der Waals surface area (Å²) in [5, 5.41) is 12.2. The topological polar surface area (TPSA) is 46.1 Å². The molecule has 0 saturated carbocycles. The van der Waals surface area contributed by atoms with E-state index in [0.29, 0.717) is 19.2 Å². The highest BCUT2D eigenvalue weighted by Gasteiger charge is 2.12. The Morgan fingerprint density at radius 1 is 1.05 bits per heavy atom. The van der Waals surface area contributed by atoms with E-state index >= 15 is 0 Å². The first kappa shape index (κ1) is 16.5. The second kappa shape index (κ2) is 7.97. The van der Waals surface area contributed by atoms with Crippen molar-refractivity contribution in [2.24, 2.45) is 0 Å². The van der Waals surface area contributed by atoms with Crippen molar-refractivity contribution in [1.29, 1.82) is 0 Å². The Balaban J connectivity index is 1.77. The van der Waals surface area contributed by atoms with Gasteiger partial charge in [-0.2, -0.15) is 0 Å². The van der Waals surface area contributed by atoms with Crippen LogP contribution in [0, 0.1) is 13.8 Å². The first-order valence-corrected chi connectivity index (χ1v) is 7.82. The molecule has 0 aliphatic carbocycles. The molecule has 0 bridgehead atoms. The maximum Gasteiger partial charge on any atom is 0.137 e. The lowest BCUT2D eigenvalue weighted by atomic mass is 10.1. The van der Waals surface area contributed by atoms with Crippen molar-refractivity contribution in [3.8, 4) is 5.75 Å². The number of rotatable bonds is 7. The molecule has 0 heterocycles. The normalized spacial score (nSPS) is 13.6. The van der Waals surface area contributed by atoms with Crippen LogP contribution in [0.15, 0.2) is 48.5 Å². The molecule has 0 fully saturated rings. The van der Waals surface area contributed by atoms with E-state index in [-0.39, 0.29) is 0 Å². The van der Waals surface area contributed by atoms with Crippen molar-refractivity contribution < 1.29 is 15.2 Å². The summed E-state index contributed by atoms with van der Waals surface area (Å²) < 4.78 is 5.70. The Kier molecular flexibility index (Phi) is 5.99. The second-order valence-corrected chi connectivity index (χ2v) is 5.96. The van der Waals surface area contributed by atoms with Gasteiger partial charge < -0.3 is 15.2 Å². The Labute approximate surface area is 133 Å². The van der Waals surface area contributed by atoms with Crippen LogP contribution in [-0.2, 0) is 0 Å². The molecular formula is C19H26NO2+. The smallest absolute Gasteiger partial charge is 0.137 e. The number of nitrogens with two attached hydrogens (primary N) is 1. The molecule has 2 atom stereocenters. The van der Waals surface area contributed by atoms with Gasteiger partial charge in [0, 0.05) is 5.56 Å². The lowest BCUT2D eigenvalue weighted by molar-refractivity contribution is -0.698. The van der Waals surface area contributed by atoms with Crippen molar-refractivity contribution in [2.75, 3.05) is 13.2 Å². The first-order valence-electron chi connectivity index (χ1n) is 7.82. The Morgan fingerprint density at radius 2 is 1.68 bits per heavy atom. The summed E-state index contributed by atoms with van der Waals surface area (Å²) in [6.07, 6.45) is -0.480. The van der Waals surface area contributed by atoms with Crippen LogP contribution in [-0.4, -0.2) is 24.4 Å². The number of hydrogen-bond acceptors (Lipinski definition) is 2. The monoisotopic (exact) mass is 300 g/mol. The fourth-order valence-electron chi connectivity index (χ4n) is 2.53. The molecule has 0 aliphatic heterocycles. The van der Waals surface area contributed by atoms with E-state index in [2.05, 4.69) is 30.4 Å². The number of aliphatic hydroxyl groups excluding tert-OH is 1. The quantitative estimate of drug-likeness (QED) is 0.824. The maximum absolute atomic E-state index is 10.1. The molecule has 0 amide bonds. The van der Waals surface area contributed by atoms with Crippen molar-refractivity contribution >= 4 is 0 Å². The SMILES string of the molecule is Cc1cc(C)cc(OC[C@@H](O)C[NH2+][C@H](C)c2ccccc2)c1. The molecule has 2 aromatic carbocycles. The van der Waals surface area contributed by atoms with Gasteiger partial charge in [0.05, 0.1) is 0 Å². The van der Waals surface area contributed by atoms with Crippen LogP contribution in [0.25, 0.3) is 0 Å². The van der Waals surface area contributed by atoms with Gasteiger partial charge in [-0.1, -0.05) is 36.4 Å². The van der Waals surface area contributed by atoms with E-state index < -0.39 is 6.10 Å². The number of benzene rings is 2. The van der Waals surface area contributed by atoms with E-state index in [4.69, 9.17) is 4.74 Å². The minimum absolute atomic E-state index is 0.320. The van der Waals surface area contributed by atoms with Gasteiger partial charge in [-0.15, -0.1) is 0 Å². The zero-order valence-electron chi connectivity index (χ0n) is 13.6. The Hall–Kier alpha value is -1.84. The molecule has 0 spiro atoms. The second-order valence-electron chi connectivity index (χ2n) is 5.96. The van der Waals surface area contributed by atoms with E-state index in [1.165, 1.54) is 16.7 Å². The van der Waals surface area contributed by atoms with Gasteiger partial charge in [0.2, 0.25) is 0 Å². The molecule has 3 heteroatoms. The van der Waals surface area contributed by atoms with Gasteiger partial charge >= 0.3 is 0 Å². The molecule has 0 unspecified atom stereocenters. The standard InChI is InChI=1S/C19H25NO2/c1-14-9-15(2)11-19(10-14)22-13-18(21)12-20-16(3)17-7-5-4-6-8-17/h4-11,16,18,20-21H,12-13H2,1-3H3/p+1/t16-,18+/m1/s1. The van der Waals surface area contributed by atoms with Gasteiger partial charge in [0.1, 0.15) is 31.0 Å². The van der Waals surface area contributed by atoms with Crippen LogP contribution >= 0.6 is 0 Å². The molecule has 0 aliphatic rings. The van der Waals surface area contributed by atoms with Gasteiger partial charge in [-0.25, -0.2) is 0 Å². The lowest BCUT2D eigenvalue weighted by Crippen LogP contribution is -2.87. The van der Waals surface area contributed by atoms with E-state index in [1.54, 1.807) is 0 Å². The highest BCUT2D eigenvalue weighted by atomic mass is 16.5. The van der Waals surface area contributed by atoms with Gasteiger partial charge in [0.15, 0.2) is 0 Å². The van der Waals surface area contributed by atoms with Crippen molar-refractivity contribution in [3.05, 3.63) is 65.2 Å². The number of quaternary nitrogens is 1. The van der Waals surface area contributed by atoms with Crippen molar-refractivity contribution in [2.45, 2.75) is 32.9 Å². The fourth-order valence-corrected chi connectivity index (χ4v) is 2.53. The summed E-state index contributed by atoms with van der Waals surface area (Å²) in [4.78, 5) is 0. The van der Waals surface area contributed by atoms with Crippen molar-refractivity contribution in [1.82, 2.24) is 0 Å². The minimum atomic E-state index is -0.480. The maximum atomic E-state index is 10.1. The van der Waals surface area contributed by atoms with Crippen molar-refractivity contribution in [3.63, 3.8) is 0 Å². The molecule has 0 saturated heterocycles. The molecule has 22 heavy (non-hydrogen) atoms. The first-order chi connectivity index (χ1) is 10.5. The van der Waals surface area contributed by atoms with Crippen LogP contribution in [0.3, 0.4) is 0 Å².